The van der Waals surface area contributed by atoms with Crippen molar-refractivity contribution >= 4 is 11.9 Å². The minimum atomic E-state index is -4.50. The van der Waals surface area contributed by atoms with Gasteiger partial charge in [-0.3, -0.25) is 0 Å². The second-order valence-corrected chi connectivity index (χ2v) is 2.70. The van der Waals surface area contributed by atoms with E-state index in [4.69, 9.17) is 0 Å². The normalized spacial score (nSPS) is 10.9. The number of ether oxygens (including phenoxy) is 1. The summed E-state index contributed by atoms with van der Waals surface area (Å²) in [7, 11) is 0. The minimum absolute atomic E-state index is 0.304. The third-order valence-electron chi connectivity index (χ3n) is 1.56. The number of hydrogen-bond donors (Lipinski definition) is 0. The highest BCUT2D eigenvalue weighted by Crippen LogP contribution is 2.30. The van der Waals surface area contributed by atoms with Crippen LogP contribution in [0.3, 0.4) is 0 Å². The molecule has 0 unspecified atom stereocenters. The molecular weight excluding hydrogens is 229 g/mol. The summed E-state index contributed by atoms with van der Waals surface area (Å²) in [6.07, 6.45) is -4.50. The lowest BCUT2D eigenvalue weighted by Crippen LogP contribution is -2.34. The molecule has 0 aliphatic heterocycles. The fourth-order valence-corrected chi connectivity index (χ4v) is 0.861. The zero-order chi connectivity index (χ0) is 12.3. The Kier molecular flexibility index (Phi) is 3.17. The first-order valence-electron chi connectivity index (χ1n) is 3.91. The van der Waals surface area contributed by atoms with Crippen molar-refractivity contribution in [3.63, 3.8) is 0 Å². The lowest BCUT2D eigenvalue weighted by molar-refractivity contribution is -0.302. The number of halogens is 3. The molecule has 0 heterocycles. The highest BCUT2D eigenvalue weighted by Gasteiger charge is 2.30. The number of carbonyl (C=O) groups excluding carboxylic acids is 2. The van der Waals surface area contributed by atoms with E-state index in [-0.39, 0.29) is 5.75 Å². The molecule has 0 radical (unpaired) electrons. The second-order valence-electron chi connectivity index (χ2n) is 2.70. The van der Waals surface area contributed by atoms with Gasteiger partial charge in [0.1, 0.15) is 5.75 Å². The first-order chi connectivity index (χ1) is 7.30. The summed E-state index contributed by atoms with van der Waals surface area (Å²) in [4.78, 5) is 20.5. The van der Waals surface area contributed by atoms with Crippen molar-refractivity contribution < 1.29 is 32.6 Å². The molecule has 1 aromatic carbocycles. The van der Waals surface area contributed by atoms with Crippen LogP contribution in [0.15, 0.2) is 24.3 Å². The molecule has 0 bridgehead atoms. The van der Waals surface area contributed by atoms with Crippen LogP contribution in [0, 0.1) is 0 Å². The zero-order valence-corrected chi connectivity index (χ0v) is 7.58. The van der Waals surface area contributed by atoms with Crippen LogP contribution in [0.5, 0.6) is 5.75 Å². The van der Waals surface area contributed by atoms with Crippen molar-refractivity contribution in [2.45, 2.75) is 6.18 Å². The molecule has 4 nitrogen and oxygen atoms in total. The van der Waals surface area contributed by atoms with Gasteiger partial charge >= 0.3 is 12.1 Å². The van der Waals surface area contributed by atoms with E-state index in [1.807, 2.05) is 0 Å². The highest BCUT2D eigenvalue weighted by molar-refractivity contribution is 6.28. The fourth-order valence-electron chi connectivity index (χ4n) is 0.861. The minimum Gasteiger partial charge on any atom is -0.539 e. The van der Waals surface area contributed by atoms with Gasteiger partial charge in [-0.15, -0.1) is 0 Å². The Labute approximate surface area is 87.3 Å². The molecule has 16 heavy (non-hydrogen) atoms. The van der Waals surface area contributed by atoms with Gasteiger partial charge < -0.3 is 14.6 Å². The molecule has 0 N–H and O–H groups in total. The second kappa shape index (κ2) is 4.21. The van der Waals surface area contributed by atoms with Gasteiger partial charge in [0.15, 0.2) is 5.97 Å². The monoisotopic (exact) mass is 233 g/mol. The summed E-state index contributed by atoms with van der Waals surface area (Å²) in [6, 6.07) is 3.00. The Bertz CT molecular complexity index is 408. The predicted molar refractivity (Wildman–Crippen MR) is 42.1 cm³/mol. The van der Waals surface area contributed by atoms with Crippen LogP contribution in [0.4, 0.5) is 13.2 Å². The number of alkyl halides is 3. The summed E-state index contributed by atoms with van der Waals surface area (Å²) in [5.41, 5.74) is -0.930. The molecule has 7 heteroatoms. The summed E-state index contributed by atoms with van der Waals surface area (Å²) < 4.78 is 40.5. The first-order valence-corrected chi connectivity index (χ1v) is 3.91. The topological polar surface area (TPSA) is 66.4 Å². The molecule has 86 valence electrons. The number of rotatable bonds is 1. The summed E-state index contributed by atoms with van der Waals surface area (Å²) in [6.45, 7) is 0. The average Bonchev–Trinajstić information content (AvgIpc) is 2.17. The van der Waals surface area contributed by atoms with Gasteiger partial charge in [-0.25, -0.2) is 4.79 Å². The van der Waals surface area contributed by atoms with Crippen LogP contribution in [0.25, 0.3) is 0 Å². The SMILES string of the molecule is O=C([O-])C(=O)Oc1ccc(C(F)(F)F)cc1. The van der Waals surface area contributed by atoms with E-state index in [2.05, 4.69) is 4.74 Å². The van der Waals surface area contributed by atoms with Gasteiger partial charge in [-0.1, -0.05) is 0 Å². The van der Waals surface area contributed by atoms with E-state index >= 15 is 0 Å². The molecule has 0 aliphatic carbocycles. The first kappa shape index (κ1) is 12.0. The third-order valence-corrected chi connectivity index (χ3v) is 1.56. The van der Waals surface area contributed by atoms with E-state index in [1.54, 1.807) is 0 Å². The molecule has 0 atom stereocenters. The Hall–Kier alpha value is -2.05. The van der Waals surface area contributed by atoms with E-state index < -0.39 is 23.7 Å². The van der Waals surface area contributed by atoms with Gasteiger partial charge in [0.05, 0.1) is 5.56 Å². The number of benzene rings is 1. The van der Waals surface area contributed by atoms with Crippen molar-refractivity contribution in [2.24, 2.45) is 0 Å². The molecule has 0 saturated heterocycles. The Morgan fingerprint density at radius 2 is 1.62 bits per heavy atom. The van der Waals surface area contributed by atoms with Gasteiger partial charge in [0.2, 0.25) is 0 Å². The standard InChI is InChI=1S/C9H5F3O4/c10-9(11,12)5-1-3-6(4-2-5)16-8(15)7(13)14/h1-4H,(H,13,14)/p-1. The van der Waals surface area contributed by atoms with Crippen molar-refractivity contribution in [1.82, 2.24) is 0 Å². The molecule has 0 fully saturated rings. The third kappa shape index (κ3) is 2.97. The summed E-state index contributed by atoms with van der Waals surface area (Å²) in [5, 5.41) is 9.96. The number of esters is 1. The summed E-state index contributed by atoms with van der Waals surface area (Å²) in [5.74, 6) is -4.04. The molecule has 0 aromatic heterocycles. The molecule has 0 amide bonds. The molecule has 0 saturated carbocycles. The van der Waals surface area contributed by atoms with Gasteiger partial charge in [-0.2, -0.15) is 13.2 Å². The van der Waals surface area contributed by atoms with E-state index in [0.717, 1.165) is 12.1 Å². The van der Waals surface area contributed by atoms with Crippen LogP contribution in [0.1, 0.15) is 5.56 Å². The van der Waals surface area contributed by atoms with Crippen LogP contribution in [0.2, 0.25) is 0 Å². The summed E-state index contributed by atoms with van der Waals surface area (Å²) >= 11 is 0. The Morgan fingerprint density at radius 1 is 1.12 bits per heavy atom. The lowest BCUT2D eigenvalue weighted by atomic mass is 10.2. The number of carboxylic acid groups (broad SMARTS) is 1. The smallest absolute Gasteiger partial charge is 0.416 e. The van der Waals surface area contributed by atoms with Crippen LogP contribution in [-0.2, 0) is 15.8 Å². The lowest BCUT2D eigenvalue weighted by Gasteiger charge is -2.08. The van der Waals surface area contributed by atoms with E-state index in [0.29, 0.717) is 12.1 Å². The molecule has 0 spiro atoms. The van der Waals surface area contributed by atoms with Gasteiger partial charge in [-0.05, 0) is 24.3 Å². The predicted octanol–water partition coefficient (Wildman–Crippen LogP) is 0.361. The van der Waals surface area contributed by atoms with E-state index in [9.17, 15) is 27.9 Å². The zero-order valence-electron chi connectivity index (χ0n) is 7.58. The Balaban J connectivity index is 2.80. The maximum Gasteiger partial charge on any atom is 0.416 e. The quantitative estimate of drug-likeness (QED) is 0.399. The molecule has 1 rings (SSSR count). The number of carbonyl (C=O) groups is 2. The van der Waals surface area contributed by atoms with E-state index in [1.165, 1.54) is 0 Å². The number of hydrogen-bond acceptors (Lipinski definition) is 4. The maximum absolute atomic E-state index is 12.1. The molecule has 0 aliphatic rings. The van der Waals surface area contributed by atoms with Crippen LogP contribution >= 0.6 is 0 Å². The van der Waals surface area contributed by atoms with Gasteiger partial charge in [0, 0.05) is 0 Å². The number of carboxylic acids is 1. The molecule has 1 aromatic rings. The van der Waals surface area contributed by atoms with Crippen molar-refractivity contribution in [2.75, 3.05) is 0 Å². The van der Waals surface area contributed by atoms with Crippen LogP contribution in [-0.4, -0.2) is 11.9 Å². The fraction of sp³-hybridized carbons (Fsp3) is 0.111. The Morgan fingerprint density at radius 3 is 2.00 bits per heavy atom. The van der Waals surface area contributed by atoms with Crippen LogP contribution < -0.4 is 9.84 Å². The van der Waals surface area contributed by atoms with Gasteiger partial charge in [0.25, 0.3) is 0 Å². The largest absolute Gasteiger partial charge is 0.539 e. The van der Waals surface area contributed by atoms with Crippen molar-refractivity contribution in [3.05, 3.63) is 29.8 Å². The number of aliphatic carboxylic acids is 1. The van der Waals surface area contributed by atoms with Crippen molar-refractivity contribution in [1.29, 1.82) is 0 Å². The highest BCUT2D eigenvalue weighted by atomic mass is 19.4. The van der Waals surface area contributed by atoms with Crippen molar-refractivity contribution in [3.8, 4) is 5.75 Å². The average molecular weight is 233 g/mol. The molecular formula is C9H4F3O4-. The maximum atomic E-state index is 12.1.